The van der Waals surface area contributed by atoms with E-state index < -0.39 is 48.2 Å². The lowest BCUT2D eigenvalue weighted by Gasteiger charge is -2.31. The van der Waals surface area contributed by atoms with Crippen molar-refractivity contribution in [1.82, 2.24) is 24.5 Å². The first-order chi connectivity index (χ1) is 18.6. The van der Waals surface area contributed by atoms with Crippen LogP contribution in [0, 0.1) is 6.92 Å². The number of aromatic nitrogens is 4. The molecule has 3 aromatic rings. The maximum absolute atomic E-state index is 13.3. The first-order valence-corrected chi connectivity index (χ1v) is 12.5. The summed E-state index contributed by atoms with van der Waals surface area (Å²) in [5.74, 6) is -5.25. The van der Waals surface area contributed by atoms with E-state index in [1.807, 2.05) is 18.4 Å². The molecule has 1 aliphatic heterocycles. The number of carbonyl (C=O) groups is 4. The third kappa shape index (κ3) is 7.09. The summed E-state index contributed by atoms with van der Waals surface area (Å²) < 4.78 is 40.7. The summed E-state index contributed by atoms with van der Waals surface area (Å²) in [5, 5.41) is 39.3. The number of piperidine rings is 1. The number of carboxylic acid groups (broad SMARTS) is 3. The molecule has 0 aromatic carbocycles. The average molecular weight is 588 g/mol. The standard InChI is InChI=1S/C17H16F3N5OS.C6H8O7/c1-10-4-7-27-14(10)15(26)24-5-2-11(3-6-24)12-8-13(17(18,19)20)25-16(23-12)21-9-22-25;7-3(8)1-6(13,5(11)12)2-4(9)10/h4,7-9,11H,2-3,5-6H2,1H3;13H,1-2H2,(H,7,8)(H,9,10)(H,11,12). The Labute approximate surface area is 227 Å². The number of aliphatic carboxylic acids is 3. The van der Waals surface area contributed by atoms with Crippen molar-refractivity contribution in [3.63, 3.8) is 0 Å². The molecule has 0 spiro atoms. The molecule has 0 atom stereocenters. The van der Waals surface area contributed by atoms with Gasteiger partial charge in [0.2, 0.25) is 0 Å². The number of alkyl halides is 3. The second kappa shape index (κ2) is 12.0. The van der Waals surface area contributed by atoms with Gasteiger partial charge in [-0.05, 0) is 42.8 Å². The van der Waals surface area contributed by atoms with Crippen molar-refractivity contribution in [3.05, 3.63) is 45.7 Å². The minimum absolute atomic E-state index is 0.0159. The number of thiophene rings is 1. The highest BCUT2D eigenvalue weighted by molar-refractivity contribution is 7.12. The van der Waals surface area contributed by atoms with Crippen molar-refractivity contribution in [2.24, 2.45) is 0 Å². The molecule has 0 aliphatic carbocycles. The van der Waals surface area contributed by atoms with Crippen molar-refractivity contribution in [3.8, 4) is 0 Å². The molecule has 1 saturated heterocycles. The van der Waals surface area contributed by atoms with Crippen LogP contribution in [0.15, 0.2) is 23.8 Å². The number of aryl methyl sites for hydroxylation is 1. The molecule has 40 heavy (non-hydrogen) atoms. The van der Waals surface area contributed by atoms with E-state index in [1.54, 1.807) is 4.90 Å². The number of hydrogen-bond acceptors (Lipinski definition) is 9. The van der Waals surface area contributed by atoms with Crippen LogP contribution in [-0.4, -0.2) is 87.4 Å². The zero-order valence-electron chi connectivity index (χ0n) is 20.8. The third-order valence-corrected chi connectivity index (χ3v) is 7.11. The fourth-order valence-electron chi connectivity index (χ4n) is 4.07. The Morgan fingerprint density at radius 1 is 1.07 bits per heavy atom. The number of carboxylic acids is 3. The molecule has 13 nitrogen and oxygen atoms in total. The molecule has 4 N–H and O–H groups in total. The van der Waals surface area contributed by atoms with Crippen molar-refractivity contribution < 1.29 is 52.8 Å². The summed E-state index contributed by atoms with van der Waals surface area (Å²) in [7, 11) is 0. The summed E-state index contributed by atoms with van der Waals surface area (Å²) in [5.41, 5.74) is -2.33. The van der Waals surface area contributed by atoms with E-state index in [4.69, 9.17) is 20.4 Å². The second-order valence-corrected chi connectivity index (χ2v) is 9.93. The van der Waals surface area contributed by atoms with Crippen LogP contribution in [0.4, 0.5) is 13.2 Å². The van der Waals surface area contributed by atoms with Crippen LogP contribution in [0.3, 0.4) is 0 Å². The van der Waals surface area contributed by atoms with E-state index in [1.165, 1.54) is 11.3 Å². The third-order valence-electron chi connectivity index (χ3n) is 6.10. The maximum atomic E-state index is 13.3. The van der Waals surface area contributed by atoms with E-state index in [0.29, 0.717) is 36.1 Å². The normalized spacial score (nSPS) is 14.5. The lowest BCUT2D eigenvalue weighted by Crippen LogP contribution is -2.42. The zero-order chi connectivity index (χ0) is 29.8. The van der Waals surface area contributed by atoms with Crippen LogP contribution in [-0.2, 0) is 20.6 Å². The molecule has 0 unspecified atom stereocenters. The van der Waals surface area contributed by atoms with Gasteiger partial charge in [0.25, 0.3) is 11.7 Å². The molecule has 1 aliphatic rings. The van der Waals surface area contributed by atoms with Crippen molar-refractivity contribution in [2.75, 3.05) is 13.1 Å². The SMILES string of the molecule is Cc1ccsc1C(=O)N1CCC(c2cc(C(F)(F)F)n3ncnc3n2)CC1.O=C(O)CC(O)(CC(=O)O)C(=O)O. The van der Waals surface area contributed by atoms with Gasteiger partial charge in [-0.25, -0.2) is 9.78 Å². The van der Waals surface area contributed by atoms with E-state index >= 15 is 0 Å². The molecule has 4 heterocycles. The lowest BCUT2D eigenvalue weighted by molar-refractivity contribution is -0.170. The maximum Gasteiger partial charge on any atom is 0.433 e. The number of rotatable bonds is 7. The first kappa shape index (κ1) is 30.4. The van der Waals surface area contributed by atoms with Gasteiger partial charge in [-0.15, -0.1) is 11.3 Å². The van der Waals surface area contributed by atoms with Gasteiger partial charge in [-0.2, -0.15) is 27.8 Å². The predicted octanol–water partition coefficient (Wildman–Crippen LogP) is 2.28. The molecular formula is C23H24F3N5O8S. The minimum Gasteiger partial charge on any atom is -0.481 e. The smallest absolute Gasteiger partial charge is 0.433 e. The predicted molar refractivity (Wildman–Crippen MR) is 130 cm³/mol. The number of nitrogens with zero attached hydrogens (tertiary/aromatic N) is 5. The number of carbonyl (C=O) groups excluding carboxylic acids is 1. The fourth-order valence-corrected chi connectivity index (χ4v) is 4.96. The van der Waals surface area contributed by atoms with Crippen molar-refractivity contribution in [1.29, 1.82) is 0 Å². The van der Waals surface area contributed by atoms with Gasteiger partial charge in [0, 0.05) is 24.7 Å². The van der Waals surface area contributed by atoms with Crippen molar-refractivity contribution >= 4 is 40.9 Å². The van der Waals surface area contributed by atoms with Crippen LogP contribution < -0.4 is 0 Å². The molecule has 0 radical (unpaired) electrons. The van der Waals surface area contributed by atoms with Crippen LogP contribution in [0.5, 0.6) is 0 Å². The summed E-state index contributed by atoms with van der Waals surface area (Å²) in [6.45, 7) is 2.87. The van der Waals surface area contributed by atoms with Gasteiger partial charge in [0.15, 0.2) is 11.3 Å². The molecule has 0 bridgehead atoms. The number of likely N-dealkylation sites (tertiary alicyclic amines) is 1. The highest BCUT2D eigenvalue weighted by Gasteiger charge is 2.41. The highest BCUT2D eigenvalue weighted by atomic mass is 32.1. The zero-order valence-corrected chi connectivity index (χ0v) is 21.6. The average Bonchev–Trinajstić information content (AvgIpc) is 3.50. The second-order valence-electron chi connectivity index (χ2n) is 9.01. The number of halogens is 3. The van der Waals surface area contributed by atoms with Gasteiger partial charge in [-0.3, -0.25) is 14.4 Å². The fraction of sp³-hybridized carbons (Fsp3) is 0.435. The summed E-state index contributed by atoms with van der Waals surface area (Å²) in [4.78, 5) is 53.6. The largest absolute Gasteiger partial charge is 0.481 e. The lowest BCUT2D eigenvalue weighted by atomic mass is 9.92. The van der Waals surface area contributed by atoms with E-state index in [2.05, 4.69) is 15.1 Å². The summed E-state index contributed by atoms with van der Waals surface area (Å²) >= 11 is 1.41. The van der Waals surface area contributed by atoms with Crippen LogP contribution in [0.25, 0.3) is 5.78 Å². The molecule has 1 fully saturated rings. The molecule has 216 valence electrons. The monoisotopic (exact) mass is 587 g/mol. The molecule has 4 rings (SSSR count). The Morgan fingerprint density at radius 3 is 2.15 bits per heavy atom. The minimum atomic E-state index is -4.54. The van der Waals surface area contributed by atoms with Crippen LogP contribution in [0.1, 0.15) is 58.2 Å². The van der Waals surface area contributed by atoms with Gasteiger partial charge in [0.05, 0.1) is 17.7 Å². The van der Waals surface area contributed by atoms with Crippen molar-refractivity contribution in [2.45, 2.75) is 50.3 Å². The Bertz CT molecular complexity index is 1400. The van der Waals surface area contributed by atoms with Gasteiger partial charge < -0.3 is 25.3 Å². The van der Waals surface area contributed by atoms with Gasteiger partial charge in [0.1, 0.15) is 6.33 Å². The number of aliphatic hydroxyl groups is 1. The Morgan fingerprint density at radius 2 is 1.68 bits per heavy atom. The number of amides is 1. The van der Waals surface area contributed by atoms with E-state index in [9.17, 15) is 32.3 Å². The first-order valence-electron chi connectivity index (χ1n) is 11.6. The van der Waals surface area contributed by atoms with E-state index in [0.717, 1.165) is 22.8 Å². The topological polar surface area (TPSA) is 196 Å². The Kier molecular flexibility index (Phi) is 9.09. The van der Waals surface area contributed by atoms with Gasteiger partial charge in [-0.1, -0.05) is 0 Å². The summed E-state index contributed by atoms with van der Waals surface area (Å²) in [6, 6.07) is 2.95. The molecular weight excluding hydrogens is 563 g/mol. The molecule has 17 heteroatoms. The number of fused-ring (bicyclic) bond motifs is 1. The van der Waals surface area contributed by atoms with E-state index in [-0.39, 0.29) is 17.6 Å². The Balaban J connectivity index is 0.000000289. The van der Waals surface area contributed by atoms with Gasteiger partial charge >= 0.3 is 24.1 Å². The number of hydrogen-bond donors (Lipinski definition) is 4. The van der Waals surface area contributed by atoms with Crippen LogP contribution >= 0.6 is 11.3 Å². The van der Waals surface area contributed by atoms with Crippen LogP contribution in [0.2, 0.25) is 0 Å². The summed E-state index contributed by atoms with van der Waals surface area (Å²) in [6.07, 6.45) is -4.65. The highest BCUT2D eigenvalue weighted by Crippen LogP contribution is 2.34. The molecule has 0 saturated carbocycles. The molecule has 1 amide bonds. The quantitative estimate of drug-likeness (QED) is 0.317. The molecule has 3 aromatic heterocycles. The Hall–Kier alpha value is -4.12.